The molecule has 0 spiro atoms. The smallest absolute Gasteiger partial charge is 0.291 e. The van der Waals surface area contributed by atoms with E-state index in [0.29, 0.717) is 11.3 Å². The van der Waals surface area contributed by atoms with Gasteiger partial charge in [0.1, 0.15) is 0 Å². The van der Waals surface area contributed by atoms with Crippen molar-refractivity contribution in [2.75, 3.05) is 11.9 Å². The molecule has 0 aliphatic heterocycles. The average Bonchev–Trinajstić information content (AvgIpc) is 2.53. The van der Waals surface area contributed by atoms with Crippen LogP contribution in [-0.4, -0.2) is 22.6 Å². The summed E-state index contributed by atoms with van der Waals surface area (Å²) < 4.78 is 24.1. The van der Waals surface area contributed by atoms with Crippen LogP contribution in [0.3, 0.4) is 0 Å². The first kappa shape index (κ1) is 14.1. The van der Waals surface area contributed by atoms with E-state index in [2.05, 4.69) is 15.5 Å². The van der Waals surface area contributed by atoms with Crippen molar-refractivity contribution in [3.63, 3.8) is 0 Å². The Hall–Kier alpha value is -0.860. The Labute approximate surface area is 94.5 Å². The zero-order valence-electron chi connectivity index (χ0n) is 7.44. The highest BCUT2D eigenvalue weighted by Gasteiger charge is 2.14. The van der Waals surface area contributed by atoms with Gasteiger partial charge in [-0.1, -0.05) is 11.3 Å². The van der Waals surface area contributed by atoms with Gasteiger partial charge in [-0.3, -0.25) is 4.79 Å². The lowest BCUT2D eigenvalue weighted by molar-refractivity contribution is -0.116. The number of anilines is 1. The van der Waals surface area contributed by atoms with Crippen molar-refractivity contribution < 1.29 is 13.6 Å². The van der Waals surface area contributed by atoms with E-state index in [1.54, 1.807) is 0 Å². The number of carbonyl (C=O) groups is 1. The molecule has 9 heteroatoms. The number of carbonyl (C=O) groups excluding carboxylic acids is 1. The topological polar surface area (TPSA) is 80.9 Å². The van der Waals surface area contributed by atoms with Crippen LogP contribution in [0.25, 0.3) is 0 Å². The number of nitrogens with zero attached hydrogens (tertiary/aromatic N) is 2. The van der Waals surface area contributed by atoms with Gasteiger partial charge in [-0.15, -0.1) is 22.6 Å². The van der Waals surface area contributed by atoms with E-state index in [1.807, 2.05) is 0 Å². The van der Waals surface area contributed by atoms with Crippen molar-refractivity contribution >= 4 is 34.8 Å². The van der Waals surface area contributed by atoms with Gasteiger partial charge in [-0.05, 0) is 0 Å². The van der Waals surface area contributed by atoms with E-state index < -0.39 is 11.4 Å². The fourth-order valence-electron chi connectivity index (χ4n) is 0.686. The predicted octanol–water partition coefficient (Wildman–Crippen LogP) is 1.18. The third-order valence-corrected chi connectivity index (χ3v) is 2.09. The zero-order chi connectivity index (χ0) is 10.6. The summed E-state index contributed by atoms with van der Waals surface area (Å²) in [5.74, 6) is -0.357. The van der Waals surface area contributed by atoms with Crippen molar-refractivity contribution in [2.24, 2.45) is 5.73 Å². The van der Waals surface area contributed by atoms with Crippen molar-refractivity contribution in [1.29, 1.82) is 0 Å². The molecule has 1 aromatic heterocycles. The number of rotatable bonds is 4. The highest BCUT2D eigenvalue weighted by atomic mass is 35.5. The molecule has 15 heavy (non-hydrogen) atoms. The lowest BCUT2D eigenvalue weighted by atomic mass is 10.4. The summed E-state index contributed by atoms with van der Waals surface area (Å²) in [6.45, 7) is 0.201. The van der Waals surface area contributed by atoms with Crippen LogP contribution < -0.4 is 11.1 Å². The fourth-order valence-corrected chi connectivity index (χ4v) is 1.30. The molecule has 0 aliphatic carbocycles. The van der Waals surface area contributed by atoms with E-state index >= 15 is 0 Å². The SMILES string of the molecule is Cl.NCCC(=O)Nc1nnc(C(F)F)s1. The van der Waals surface area contributed by atoms with Crippen LogP contribution in [0.5, 0.6) is 0 Å². The van der Waals surface area contributed by atoms with Crippen LogP contribution in [-0.2, 0) is 4.79 Å². The fraction of sp³-hybridized carbons (Fsp3) is 0.500. The van der Waals surface area contributed by atoms with E-state index in [1.165, 1.54) is 0 Å². The molecule has 1 heterocycles. The molecule has 0 fully saturated rings. The maximum Gasteiger partial charge on any atom is 0.291 e. The van der Waals surface area contributed by atoms with E-state index in [9.17, 15) is 13.6 Å². The number of nitrogens with one attached hydrogen (secondary N) is 1. The number of nitrogens with two attached hydrogens (primary N) is 1. The Morgan fingerprint density at radius 1 is 1.53 bits per heavy atom. The summed E-state index contributed by atoms with van der Waals surface area (Å²) in [7, 11) is 0. The maximum atomic E-state index is 12.0. The largest absolute Gasteiger partial charge is 0.330 e. The van der Waals surface area contributed by atoms with Crippen LogP contribution in [0, 0.1) is 0 Å². The molecule has 0 saturated heterocycles. The molecule has 1 amide bonds. The molecular formula is C6H9ClF2N4OS. The molecule has 0 aromatic carbocycles. The number of amides is 1. The summed E-state index contributed by atoms with van der Waals surface area (Å²) in [5, 5.41) is 8.55. The molecule has 0 atom stereocenters. The second kappa shape index (κ2) is 6.59. The third kappa shape index (κ3) is 4.45. The number of hydrogen-bond acceptors (Lipinski definition) is 5. The average molecular weight is 259 g/mol. The molecule has 0 unspecified atom stereocenters. The number of aromatic nitrogens is 2. The quantitative estimate of drug-likeness (QED) is 0.850. The van der Waals surface area contributed by atoms with Gasteiger partial charge in [0.25, 0.3) is 6.43 Å². The third-order valence-electron chi connectivity index (χ3n) is 1.25. The van der Waals surface area contributed by atoms with Crippen molar-refractivity contribution in [2.45, 2.75) is 12.8 Å². The lowest BCUT2D eigenvalue weighted by Gasteiger charge is -1.96. The van der Waals surface area contributed by atoms with Gasteiger partial charge in [0.15, 0.2) is 5.01 Å². The summed E-state index contributed by atoms with van der Waals surface area (Å²) in [4.78, 5) is 11.0. The van der Waals surface area contributed by atoms with Crippen LogP contribution >= 0.6 is 23.7 Å². The van der Waals surface area contributed by atoms with Crippen molar-refractivity contribution in [3.8, 4) is 0 Å². The van der Waals surface area contributed by atoms with Crippen molar-refractivity contribution in [1.82, 2.24) is 10.2 Å². The second-order valence-electron chi connectivity index (χ2n) is 2.33. The van der Waals surface area contributed by atoms with E-state index in [-0.39, 0.29) is 36.4 Å². The second-order valence-corrected chi connectivity index (χ2v) is 3.34. The summed E-state index contributed by atoms with van der Waals surface area (Å²) in [6.07, 6.45) is -2.53. The van der Waals surface area contributed by atoms with E-state index in [4.69, 9.17) is 5.73 Å². The van der Waals surface area contributed by atoms with Gasteiger partial charge in [-0.25, -0.2) is 8.78 Å². The predicted molar refractivity (Wildman–Crippen MR) is 54.4 cm³/mol. The molecule has 1 aromatic rings. The molecule has 5 nitrogen and oxygen atoms in total. The maximum absolute atomic E-state index is 12.0. The zero-order valence-corrected chi connectivity index (χ0v) is 9.08. The number of hydrogen-bond donors (Lipinski definition) is 2. The minimum absolute atomic E-state index is 0. The summed E-state index contributed by atoms with van der Waals surface area (Å²) >= 11 is 0.650. The number of alkyl halides is 2. The van der Waals surface area contributed by atoms with Crippen LogP contribution in [0.1, 0.15) is 17.9 Å². The van der Waals surface area contributed by atoms with Gasteiger partial charge in [0.05, 0.1) is 0 Å². The van der Waals surface area contributed by atoms with Gasteiger partial charge >= 0.3 is 0 Å². The molecule has 86 valence electrons. The Bertz CT molecular complexity index is 322. The lowest BCUT2D eigenvalue weighted by Crippen LogP contribution is -2.15. The molecule has 0 radical (unpaired) electrons. The Morgan fingerprint density at radius 3 is 2.67 bits per heavy atom. The monoisotopic (exact) mass is 258 g/mol. The highest BCUT2D eigenvalue weighted by Crippen LogP contribution is 2.24. The normalized spacial score (nSPS) is 9.87. The standard InChI is InChI=1S/C6H8F2N4OS.ClH/c7-4(8)5-11-12-6(14-5)10-3(13)1-2-9;/h4H,1-2,9H2,(H,10,12,13);1H. The minimum atomic E-state index is -2.66. The van der Waals surface area contributed by atoms with Crippen LogP contribution in [0.2, 0.25) is 0 Å². The minimum Gasteiger partial charge on any atom is -0.330 e. The first-order valence-electron chi connectivity index (χ1n) is 3.75. The molecule has 3 N–H and O–H groups in total. The van der Waals surface area contributed by atoms with Crippen LogP contribution in [0.4, 0.5) is 13.9 Å². The highest BCUT2D eigenvalue weighted by molar-refractivity contribution is 7.15. The Balaban J connectivity index is 0.00000196. The number of halogens is 3. The Morgan fingerprint density at radius 2 is 2.20 bits per heavy atom. The molecular weight excluding hydrogens is 250 g/mol. The first-order chi connectivity index (χ1) is 6.63. The summed E-state index contributed by atoms with van der Waals surface area (Å²) in [5.41, 5.74) is 5.12. The molecule has 1 rings (SSSR count). The molecule has 0 aliphatic rings. The van der Waals surface area contributed by atoms with Gasteiger partial charge in [-0.2, -0.15) is 0 Å². The molecule has 0 saturated carbocycles. The Kier molecular flexibility index (Phi) is 6.21. The summed E-state index contributed by atoms with van der Waals surface area (Å²) in [6, 6.07) is 0. The van der Waals surface area contributed by atoms with Gasteiger partial charge in [0, 0.05) is 13.0 Å². The van der Waals surface area contributed by atoms with E-state index in [0.717, 1.165) is 0 Å². The van der Waals surface area contributed by atoms with Gasteiger partial charge < -0.3 is 11.1 Å². The van der Waals surface area contributed by atoms with Crippen molar-refractivity contribution in [3.05, 3.63) is 5.01 Å². The van der Waals surface area contributed by atoms with Crippen LogP contribution in [0.15, 0.2) is 0 Å². The first-order valence-corrected chi connectivity index (χ1v) is 4.56. The molecule has 0 bridgehead atoms. The van der Waals surface area contributed by atoms with Gasteiger partial charge in [0.2, 0.25) is 11.0 Å².